The summed E-state index contributed by atoms with van der Waals surface area (Å²) in [7, 11) is 1.62. The molecule has 1 aliphatic rings. The van der Waals surface area contributed by atoms with E-state index >= 15 is 0 Å². The Kier molecular flexibility index (Phi) is 4.75. The van der Waals surface area contributed by atoms with Crippen molar-refractivity contribution in [3.05, 3.63) is 30.0 Å². The minimum absolute atomic E-state index is 0. The van der Waals surface area contributed by atoms with Gasteiger partial charge in [-0.1, -0.05) is 0 Å². The summed E-state index contributed by atoms with van der Waals surface area (Å²) < 4.78 is 10.7. The highest BCUT2D eigenvalue weighted by atomic mass is 35.5. The summed E-state index contributed by atoms with van der Waals surface area (Å²) in [5.41, 5.74) is 7.48. The van der Waals surface area contributed by atoms with Gasteiger partial charge in [0.1, 0.15) is 11.3 Å². The van der Waals surface area contributed by atoms with E-state index in [1.807, 2.05) is 23.1 Å². The van der Waals surface area contributed by atoms with Crippen molar-refractivity contribution in [1.82, 2.24) is 4.90 Å². The Hall–Kier alpha value is -1.72. The maximum atomic E-state index is 12.2. The summed E-state index contributed by atoms with van der Waals surface area (Å²) in [4.78, 5) is 14.1. The molecule has 1 aliphatic heterocycles. The predicted octanol–water partition coefficient (Wildman–Crippen LogP) is 1.97. The third-order valence-corrected chi connectivity index (χ3v) is 3.78. The Morgan fingerprint density at radius 3 is 3.00 bits per heavy atom. The molecule has 2 aromatic rings. The van der Waals surface area contributed by atoms with Gasteiger partial charge in [-0.2, -0.15) is 0 Å². The predicted molar refractivity (Wildman–Crippen MR) is 82.9 cm³/mol. The molecule has 1 fully saturated rings. The van der Waals surface area contributed by atoms with Crippen molar-refractivity contribution in [2.45, 2.75) is 18.9 Å². The number of nitrogens with zero attached hydrogens (tertiary/aromatic N) is 1. The van der Waals surface area contributed by atoms with Gasteiger partial charge in [0, 0.05) is 36.1 Å². The van der Waals surface area contributed by atoms with E-state index in [0.717, 1.165) is 35.2 Å². The second-order valence-electron chi connectivity index (χ2n) is 5.19. The molecule has 1 atom stereocenters. The number of amides is 1. The topological polar surface area (TPSA) is 68.7 Å². The minimum Gasteiger partial charge on any atom is -0.497 e. The van der Waals surface area contributed by atoms with Crippen LogP contribution in [0.2, 0.25) is 0 Å². The number of hydrogen-bond acceptors (Lipinski definition) is 4. The molecule has 2 N–H and O–H groups in total. The first-order valence-electron chi connectivity index (χ1n) is 6.75. The highest BCUT2D eigenvalue weighted by Gasteiger charge is 2.24. The van der Waals surface area contributed by atoms with E-state index in [1.165, 1.54) is 0 Å². The van der Waals surface area contributed by atoms with Crippen LogP contribution in [0.15, 0.2) is 28.9 Å². The van der Waals surface area contributed by atoms with E-state index in [2.05, 4.69) is 0 Å². The van der Waals surface area contributed by atoms with Gasteiger partial charge in [-0.3, -0.25) is 4.79 Å². The van der Waals surface area contributed by atoms with Gasteiger partial charge in [0.25, 0.3) is 0 Å². The third-order valence-electron chi connectivity index (χ3n) is 3.78. The number of methoxy groups -OCH3 is 1. The molecule has 0 saturated carbocycles. The second kappa shape index (κ2) is 6.37. The van der Waals surface area contributed by atoms with Crippen molar-refractivity contribution in [2.75, 3.05) is 20.2 Å². The molecule has 3 rings (SSSR count). The zero-order valence-corrected chi connectivity index (χ0v) is 12.7. The number of hydrogen-bond donors (Lipinski definition) is 1. The van der Waals surface area contributed by atoms with Crippen LogP contribution >= 0.6 is 12.4 Å². The molecule has 5 nitrogen and oxygen atoms in total. The van der Waals surface area contributed by atoms with E-state index in [0.29, 0.717) is 13.0 Å². The fourth-order valence-electron chi connectivity index (χ4n) is 2.62. The normalized spacial score (nSPS) is 17.8. The van der Waals surface area contributed by atoms with Gasteiger partial charge >= 0.3 is 0 Å². The average molecular weight is 311 g/mol. The molecule has 21 heavy (non-hydrogen) atoms. The number of carbonyl (C=O) groups excluding carboxylic acids is 1. The Bertz CT molecular complexity index is 641. The van der Waals surface area contributed by atoms with Gasteiger partial charge in [0.05, 0.1) is 19.8 Å². The van der Waals surface area contributed by atoms with E-state index in [4.69, 9.17) is 14.9 Å². The number of benzene rings is 1. The van der Waals surface area contributed by atoms with Gasteiger partial charge in [-0.15, -0.1) is 12.4 Å². The number of rotatable bonds is 3. The maximum absolute atomic E-state index is 12.2. The molecule has 1 saturated heterocycles. The van der Waals surface area contributed by atoms with Crippen LogP contribution in [-0.4, -0.2) is 37.0 Å². The molecule has 1 aromatic carbocycles. The Balaban J connectivity index is 0.00000161. The lowest BCUT2D eigenvalue weighted by atomic mass is 10.1. The number of carbonyl (C=O) groups is 1. The van der Waals surface area contributed by atoms with Crippen LogP contribution in [-0.2, 0) is 11.2 Å². The van der Waals surface area contributed by atoms with Crippen LogP contribution in [0.3, 0.4) is 0 Å². The number of nitrogens with two attached hydrogens (primary N) is 1. The quantitative estimate of drug-likeness (QED) is 0.941. The van der Waals surface area contributed by atoms with E-state index in [1.54, 1.807) is 13.4 Å². The highest BCUT2D eigenvalue weighted by molar-refractivity contribution is 5.88. The van der Waals surface area contributed by atoms with Crippen molar-refractivity contribution >= 4 is 29.3 Å². The smallest absolute Gasteiger partial charge is 0.227 e. The van der Waals surface area contributed by atoms with Gasteiger partial charge < -0.3 is 19.8 Å². The minimum atomic E-state index is 0. The zero-order chi connectivity index (χ0) is 14.1. The van der Waals surface area contributed by atoms with Crippen LogP contribution in [0.5, 0.6) is 5.75 Å². The lowest BCUT2D eigenvalue weighted by Crippen LogP contribution is -2.32. The summed E-state index contributed by atoms with van der Waals surface area (Å²) in [6, 6.07) is 5.74. The third kappa shape index (κ3) is 3.14. The first-order chi connectivity index (χ1) is 9.67. The van der Waals surface area contributed by atoms with Gasteiger partial charge in [0.15, 0.2) is 0 Å². The summed E-state index contributed by atoms with van der Waals surface area (Å²) in [6.45, 7) is 1.41. The first-order valence-corrected chi connectivity index (χ1v) is 6.75. The van der Waals surface area contributed by atoms with Crippen molar-refractivity contribution < 1.29 is 13.9 Å². The van der Waals surface area contributed by atoms with Crippen molar-refractivity contribution in [3.63, 3.8) is 0 Å². The molecule has 114 valence electrons. The number of fused-ring (bicyclic) bond motifs is 1. The van der Waals surface area contributed by atoms with Crippen molar-refractivity contribution in [2.24, 2.45) is 5.73 Å². The first kappa shape index (κ1) is 15.7. The molecule has 0 bridgehead atoms. The Morgan fingerprint density at radius 2 is 2.33 bits per heavy atom. The van der Waals surface area contributed by atoms with Crippen LogP contribution in [0.1, 0.15) is 12.0 Å². The van der Waals surface area contributed by atoms with Crippen LogP contribution in [0.4, 0.5) is 0 Å². The van der Waals surface area contributed by atoms with E-state index < -0.39 is 0 Å². The highest BCUT2D eigenvalue weighted by Crippen LogP contribution is 2.26. The monoisotopic (exact) mass is 310 g/mol. The molecule has 1 aromatic heterocycles. The second-order valence-corrected chi connectivity index (χ2v) is 5.19. The van der Waals surface area contributed by atoms with Gasteiger partial charge in [-0.05, 0) is 18.6 Å². The molecule has 2 heterocycles. The zero-order valence-electron chi connectivity index (χ0n) is 11.9. The summed E-state index contributed by atoms with van der Waals surface area (Å²) >= 11 is 0. The number of likely N-dealkylation sites (tertiary alicyclic amines) is 1. The standard InChI is InChI=1S/C15H18N2O3.ClH/c1-19-12-2-3-13-10(9-20-14(13)7-12)6-15(18)17-5-4-11(16)8-17;/h2-3,7,9,11H,4-6,8,16H2,1H3;1H/t11-;/m1./s1. The Morgan fingerprint density at radius 1 is 1.52 bits per heavy atom. The lowest BCUT2D eigenvalue weighted by molar-refractivity contribution is -0.129. The largest absolute Gasteiger partial charge is 0.497 e. The molecule has 0 unspecified atom stereocenters. The molecular weight excluding hydrogens is 292 g/mol. The van der Waals surface area contributed by atoms with Crippen molar-refractivity contribution in [3.8, 4) is 5.75 Å². The molecule has 6 heteroatoms. The number of furan rings is 1. The molecule has 0 aliphatic carbocycles. The summed E-state index contributed by atoms with van der Waals surface area (Å²) in [5.74, 6) is 0.853. The van der Waals surface area contributed by atoms with Gasteiger partial charge in [0.2, 0.25) is 5.91 Å². The Labute approximate surface area is 129 Å². The average Bonchev–Trinajstić information content (AvgIpc) is 3.05. The van der Waals surface area contributed by atoms with Crippen LogP contribution < -0.4 is 10.5 Å². The SMILES string of the molecule is COc1ccc2c(CC(=O)N3CC[C@@H](N)C3)coc2c1.Cl. The molecule has 0 radical (unpaired) electrons. The van der Waals surface area contributed by atoms with Crippen LogP contribution in [0.25, 0.3) is 11.0 Å². The fourth-order valence-corrected chi connectivity index (χ4v) is 2.62. The molecule has 0 spiro atoms. The summed E-state index contributed by atoms with van der Waals surface area (Å²) in [5, 5.41) is 0.961. The maximum Gasteiger partial charge on any atom is 0.227 e. The van der Waals surface area contributed by atoms with E-state index in [9.17, 15) is 4.79 Å². The van der Waals surface area contributed by atoms with Crippen molar-refractivity contribution in [1.29, 1.82) is 0 Å². The van der Waals surface area contributed by atoms with E-state index in [-0.39, 0.29) is 24.4 Å². The van der Waals surface area contributed by atoms with Gasteiger partial charge in [-0.25, -0.2) is 0 Å². The molecular formula is C15H19ClN2O3. The number of ether oxygens (including phenoxy) is 1. The summed E-state index contributed by atoms with van der Waals surface area (Å²) in [6.07, 6.45) is 2.89. The molecule has 1 amide bonds. The lowest BCUT2D eigenvalue weighted by Gasteiger charge is -2.15. The fraction of sp³-hybridized carbons (Fsp3) is 0.400. The number of halogens is 1. The van der Waals surface area contributed by atoms with Crippen LogP contribution in [0, 0.1) is 0 Å².